The van der Waals surface area contributed by atoms with Gasteiger partial charge in [0.1, 0.15) is 5.82 Å². The van der Waals surface area contributed by atoms with Crippen LogP contribution in [-0.2, 0) is 4.79 Å². The first-order chi connectivity index (χ1) is 10.7. The number of carbonyl (C=O) groups excluding carboxylic acids is 1. The zero-order valence-electron chi connectivity index (χ0n) is 13.2. The number of halogens is 2. The molecule has 0 saturated carbocycles. The summed E-state index contributed by atoms with van der Waals surface area (Å²) < 4.78 is 12.8. The lowest BCUT2D eigenvalue weighted by molar-refractivity contribution is -0.130. The topological polar surface area (TPSA) is 32.3 Å². The Morgan fingerprint density at radius 1 is 1.17 bits per heavy atom. The van der Waals surface area contributed by atoms with Gasteiger partial charge in [0.05, 0.1) is 0 Å². The van der Waals surface area contributed by atoms with E-state index in [-0.39, 0.29) is 24.1 Å². The number of rotatable bonds is 4. The van der Waals surface area contributed by atoms with Crippen molar-refractivity contribution in [3.63, 3.8) is 0 Å². The molecule has 0 unspecified atom stereocenters. The molecule has 1 aromatic carbocycles. The van der Waals surface area contributed by atoms with E-state index in [1.807, 2.05) is 4.90 Å². The predicted octanol–water partition coefficient (Wildman–Crippen LogP) is 3.19. The van der Waals surface area contributed by atoms with Crippen molar-refractivity contribution in [1.82, 2.24) is 10.2 Å². The van der Waals surface area contributed by atoms with Crippen LogP contribution in [0.4, 0.5) is 4.39 Å². The van der Waals surface area contributed by atoms with E-state index in [1.165, 1.54) is 12.1 Å². The summed E-state index contributed by atoms with van der Waals surface area (Å²) in [6, 6.07) is 6.46. The Hall–Kier alpha value is -0.780. The van der Waals surface area contributed by atoms with E-state index in [4.69, 9.17) is 0 Å². The minimum absolute atomic E-state index is 0. The highest BCUT2D eigenvalue weighted by molar-refractivity contribution is 7.99. The van der Waals surface area contributed by atoms with E-state index in [2.05, 4.69) is 5.32 Å². The van der Waals surface area contributed by atoms with Crippen LogP contribution in [0.1, 0.15) is 19.3 Å². The van der Waals surface area contributed by atoms with E-state index < -0.39 is 0 Å². The van der Waals surface area contributed by atoms with Gasteiger partial charge in [-0.25, -0.2) is 4.39 Å². The number of amides is 1. The van der Waals surface area contributed by atoms with Crippen molar-refractivity contribution in [3.05, 3.63) is 30.1 Å². The lowest BCUT2D eigenvalue weighted by Gasteiger charge is -2.20. The number of fused-ring (bicyclic) bond motifs is 1. The Morgan fingerprint density at radius 3 is 2.39 bits per heavy atom. The molecule has 0 radical (unpaired) electrons. The molecule has 0 bridgehead atoms. The smallest absolute Gasteiger partial charge is 0.223 e. The molecule has 1 N–H and O–H groups in total. The van der Waals surface area contributed by atoms with Crippen LogP contribution in [-0.4, -0.2) is 42.7 Å². The molecule has 23 heavy (non-hydrogen) atoms. The van der Waals surface area contributed by atoms with Crippen molar-refractivity contribution in [3.8, 4) is 0 Å². The van der Waals surface area contributed by atoms with Gasteiger partial charge >= 0.3 is 0 Å². The van der Waals surface area contributed by atoms with Crippen molar-refractivity contribution in [1.29, 1.82) is 0 Å². The molecule has 0 aliphatic carbocycles. The van der Waals surface area contributed by atoms with Crippen LogP contribution in [0.25, 0.3) is 0 Å². The highest BCUT2D eigenvalue weighted by atomic mass is 35.5. The van der Waals surface area contributed by atoms with Crippen LogP contribution in [0.3, 0.4) is 0 Å². The van der Waals surface area contributed by atoms with Gasteiger partial charge in [-0.2, -0.15) is 0 Å². The fourth-order valence-electron chi connectivity index (χ4n) is 3.41. The first-order valence-electron chi connectivity index (χ1n) is 8.09. The molecule has 2 aliphatic rings. The molecular weight excluding hydrogens is 335 g/mol. The van der Waals surface area contributed by atoms with Crippen LogP contribution in [0.2, 0.25) is 0 Å². The molecule has 3 nitrogen and oxygen atoms in total. The van der Waals surface area contributed by atoms with Crippen LogP contribution < -0.4 is 5.32 Å². The molecule has 2 fully saturated rings. The summed E-state index contributed by atoms with van der Waals surface area (Å²) in [4.78, 5) is 15.4. The second-order valence-electron chi connectivity index (χ2n) is 6.19. The van der Waals surface area contributed by atoms with Gasteiger partial charge in [0, 0.05) is 30.2 Å². The quantitative estimate of drug-likeness (QED) is 0.839. The van der Waals surface area contributed by atoms with Gasteiger partial charge in [0.2, 0.25) is 5.91 Å². The molecule has 2 aliphatic heterocycles. The number of hydrogen-bond acceptors (Lipinski definition) is 3. The van der Waals surface area contributed by atoms with Gasteiger partial charge in [-0.15, -0.1) is 24.2 Å². The van der Waals surface area contributed by atoms with E-state index in [0.717, 1.165) is 61.5 Å². The SMILES string of the molecule is Cl.O=C(CCSc1ccc(F)cc1)N1CC[C@@H]2CNC[C@@H]2CC1. The molecule has 128 valence electrons. The van der Waals surface area contributed by atoms with Gasteiger partial charge in [-0.1, -0.05) is 0 Å². The summed E-state index contributed by atoms with van der Waals surface area (Å²) in [5, 5.41) is 3.46. The maximum atomic E-state index is 12.8. The van der Waals surface area contributed by atoms with Gasteiger partial charge < -0.3 is 10.2 Å². The number of nitrogens with one attached hydrogen (secondary N) is 1. The van der Waals surface area contributed by atoms with E-state index in [1.54, 1.807) is 23.9 Å². The molecule has 0 spiro atoms. The van der Waals surface area contributed by atoms with Gasteiger partial charge in [0.25, 0.3) is 0 Å². The van der Waals surface area contributed by atoms with Gasteiger partial charge in [0.15, 0.2) is 0 Å². The second-order valence-corrected chi connectivity index (χ2v) is 7.36. The highest BCUT2D eigenvalue weighted by Crippen LogP contribution is 2.27. The molecule has 2 saturated heterocycles. The summed E-state index contributed by atoms with van der Waals surface area (Å²) >= 11 is 1.62. The Labute approximate surface area is 147 Å². The lowest BCUT2D eigenvalue weighted by atomic mass is 9.92. The number of nitrogens with zero attached hydrogens (tertiary/aromatic N) is 1. The number of hydrogen-bond donors (Lipinski definition) is 1. The van der Waals surface area contributed by atoms with Crippen molar-refractivity contribution in [2.24, 2.45) is 11.8 Å². The van der Waals surface area contributed by atoms with Gasteiger partial charge in [-0.05, 0) is 62.0 Å². The third-order valence-corrected chi connectivity index (χ3v) is 5.78. The summed E-state index contributed by atoms with van der Waals surface area (Å²) in [5.74, 6) is 2.32. The second kappa shape index (κ2) is 8.90. The fraction of sp³-hybridized carbons (Fsp3) is 0.588. The minimum Gasteiger partial charge on any atom is -0.343 e. The molecule has 1 aromatic rings. The highest BCUT2D eigenvalue weighted by Gasteiger charge is 2.31. The zero-order valence-corrected chi connectivity index (χ0v) is 14.8. The minimum atomic E-state index is -0.218. The van der Waals surface area contributed by atoms with E-state index in [0.29, 0.717) is 6.42 Å². The molecular formula is C17H24ClFN2OS. The third-order valence-electron chi connectivity index (χ3n) is 4.77. The van der Waals surface area contributed by atoms with Gasteiger partial charge in [-0.3, -0.25) is 4.79 Å². The third kappa shape index (κ3) is 5.10. The Balaban J connectivity index is 0.00000192. The van der Waals surface area contributed by atoms with Crippen LogP contribution >= 0.6 is 24.2 Å². The van der Waals surface area contributed by atoms with Crippen LogP contribution in [0.5, 0.6) is 0 Å². The first kappa shape index (κ1) is 18.6. The van der Waals surface area contributed by atoms with Crippen molar-refractivity contribution in [2.75, 3.05) is 31.9 Å². The van der Waals surface area contributed by atoms with Crippen LogP contribution in [0.15, 0.2) is 29.2 Å². The predicted molar refractivity (Wildman–Crippen MR) is 94.7 cm³/mol. The van der Waals surface area contributed by atoms with Crippen molar-refractivity contribution in [2.45, 2.75) is 24.2 Å². The van der Waals surface area contributed by atoms with Crippen LogP contribution in [0, 0.1) is 17.7 Å². The summed E-state index contributed by atoms with van der Waals surface area (Å²) in [5.41, 5.74) is 0. The monoisotopic (exact) mass is 358 g/mol. The van der Waals surface area contributed by atoms with Crippen molar-refractivity contribution < 1.29 is 9.18 Å². The Kier molecular flexibility index (Phi) is 7.18. The normalized spacial score (nSPS) is 23.8. The fourth-order valence-corrected chi connectivity index (χ4v) is 4.25. The van der Waals surface area contributed by atoms with Crippen molar-refractivity contribution >= 4 is 30.1 Å². The zero-order chi connectivity index (χ0) is 15.4. The van der Waals surface area contributed by atoms with E-state index in [9.17, 15) is 9.18 Å². The van der Waals surface area contributed by atoms with E-state index >= 15 is 0 Å². The molecule has 2 heterocycles. The maximum Gasteiger partial charge on any atom is 0.223 e. The molecule has 1 amide bonds. The average Bonchev–Trinajstić information content (AvgIpc) is 2.87. The molecule has 0 aromatic heterocycles. The standard InChI is InChI=1S/C17H23FN2OS.ClH/c18-15-1-3-16(4-2-15)22-10-7-17(21)20-8-5-13-11-19-12-14(13)6-9-20;/h1-4,13-14,19H,5-12H2;1H/t13-,14+;. The Bertz CT molecular complexity index is 500. The number of benzene rings is 1. The first-order valence-corrected chi connectivity index (χ1v) is 9.08. The summed E-state index contributed by atoms with van der Waals surface area (Å²) in [6.07, 6.45) is 2.83. The lowest BCUT2D eigenvalue weighted by Crippen LogP contribution is -2.32. The molecule has 2 atom stereocenters. The summed E-state index contributed by atoms with van der Waals surface area (Å²) in [6.45, 7) is 4.05. The Morgan fingerprint density at radius 2 is 1.78 bits per heavy atom. The maximum absolute atomic E-state index is 12.8. The number of likely N-dealkylation sites (tertiary alicyclic amines) is 1. The average molecular weight is 359 g/mol. The molecule has 3 rings (SSSR count). The number of carbonyl (C=O) groups is 1. The molecule has 6 heteroatoms. The summed E-state index contributed by atoms with van der Waals surface area (Å²) in [7, 11) is 0. The number of thioether (sulfide) groups is 1. The largest absolute Gasteiger partial charge is 0.343 e.